The van der Waals surface area contributed by atoms with Gasteiger partial charge in [-0.15, -0.1) is 0 Å². The minimum absolute atomic E-state index is 0.537. The van der Waals surface area contributed by atoms with E-state index in [1.807, 2.05) is 49.8 Å². The second kappa shape index (κ2) is 8.15. The molecule has 168 valence electrons. The number of anilines is 2. The molecule has 10 heteroatoms. The Bertz CT molecular complexity index is 1230. The fourth-order valence-electron chi connectivity index (χ4n) is 4.85. The van der Waals surface area contributed by atoms with E-state index >= 15 is 0 Å². The van der Waals surface area contributed by atoms with Crippen LogP contribution in [0.1, 0.15) is 17.2 Å². The molecule has 1 aliphatic heterocycles. The summed E-state index contributed by atoms with van der Waals surface area (Å²) in [6, 6.07) is 9.82. The van der Waals surface area contributed by atoms with Gasteiger partial charge >= 0.3 is 0 Å². The molecule has 0 amide bonds. The maximum absolute atomic E-state index is 5.98. The Morgan fingerprint density at radius 2 is 1.91 bits per heavy atom. The van der Waals surface area contributed by atoms with Crippen LogP contribution < -0.4 is 9.80 Å². The summed E-state index contributed by atoms with van der Waals surface area (Å²) in [6.45, 7) is 2.82. The molecule has 2 aliphatic rings. The third-order valence-corrected chi connectivity index (χ3v) is 7.00. The first-order valence-electron chi connectivity index (χ1n) is 11.1. The van der Waals surface area contributed by atoms with E-state index in [0.717, 1.165) is 54.1 Å². The van der Waals surface area contributed by atoms with Crippen LogP contribution in [0, 0.1) is 11.8 Å². The predicted molar refractivity (Wildman–Crippen MR) is 126 cm³/mol. The van der Waals surface area contributed by atoms with Gasteiger partial charge < -0.3 is 14.8 Å². The molecule has 6 rings (SSSR count). The second-order valence-electron chi connectivity index (χ2n) is 8.81. The van der Waals surface area contributed by atoms with E-state index in [9.17, 15) is 0 Å². The Labute approximate surface area is 196 Å². The minimum atomic E-state index is 0.537. The van der Waals surface area contributed by atoms with E-state index in [0.29, 0.717) is 23.7 Å². The number of halogens is 1. The Morgan fingerprint density at radius 1 is 1.09 bits per heavy atom. The van der Waals surface area contributed by atoms with Crippen LogP contribution in [-0.2, 0) is 6.42 Å². The van der Waals surface area contributed by atoms with Gasteiger partial charge in [0.1, 0.15) is 11.5 Å². The van der Waals surface area contributed by atoms with Gasteiger partial charge in [-0.05, 0) is 42.0 Å². The number of rotatable bonds is 7. The fourth-order valence-corrected chi connectivity index (χ4v) is 4.97. The monoisotopic (exact) mass is 461 g/mol. The van der Waals surface area contributed by atoms with Crippen molar-refractivity contribution in [3.63, 3.8) is 0 Å². The number of H-pyrrole nitrogens is 2. The summed E-state index contributed by atoms with van der Waals surface area (Å²) in [5, 5.41) is 11.7. The average molecular weight is 462 g/mol. The van der Waals surface area contributed by atoms with Crippen LogP contribution in [-0.4, -0.2) is 62.0 Å². The van der Waals surface area contributed by atoms with Crippen LogP contribution in [0.4, 0.5) is 11.8 Å². The number of benzene rings is 1. The smallest absolute Gasteiger partial charge is 0.225 e. The summed E-state index contributed by atoms with van der Waals surface area (Å²) >= 11 is 5.98. The molecule has 0 spiro atoms. The van der Waals surface area contributed by atoms with E-state index in [1.165, 1.54) is 5.56 Å². The van der Waals surface area contributed by atoms with Gasteiger partial charge in [0, 0.05) is 43.8 Å². The molecule has 9 nitrogen and oxygen atoms in total. The van der Waals surface area contributed by atoms with Gasteiger partial charge in [0.2, 0.25) is 5.95 Å². The number of fused-ring (bicyclic) bond motifs is 1. The zero-order valence-electron chi connectivity index (χ0n) is 18.2. The summed E-state index contributed by atoms with van der Waals surface area (Å²) in [6.07, 6.45) is 6.42. The first kappa shape index (κ1) is 20.2. The highest BCUT2D eigenvalue weighted by molar-refractivity contribution is 6.30. The molecule has 2 atom stereocenters. The van der Waals surface area contributed by atoms with Gasteiger partial charge in [0.05, 0.1) is 18.1 Å². The molecule has 0 bridgehead atoms. The average Bonchev–Trinajstić information content (AvgIpc) is 3.38. The molecule has 3 aromatic heterocycles. The lowest BCUT2D eigenvalue weighted by molar-refractivity contribution is 0.729. The van der Waals surface area contributed by atoms with E-state index in [2.05, 4.69) is 40.2 Å². The molecule has 2 N–H and O–H groups in total. The van der Waals surface area contributed by atoms with Gasteiger partial charge in [0.15, 0.2) is 5.82 Å². The Hall–Kier alpha value is -3.46. The van der Waals surface area contributed by atoms with Crippen LogP contribution in [0.3, 0.4) is 0 Å². The number of hydrogen-bond donors (Lipinski definition) is 2. The fraction of sp³-hybridized carbons (Fsp3) is 0.348. The minimum Gasteiger partial charge on any atom is -0.356 e. The largest absolute Gasteiger partial charge is 0.356 e. The maximum atomic E-state index is 5.98. The third-order valence-electron chi connectivity index (χ3n) is 6.75. The van der Waals surface area contributed by atoms with Crippen LogP contribution in [0.15, 0.2) is 48.9 Å². The second-order valence-corrected chi connectivity index (χ2v) is 9.25. The summed E-state index contributed by atoms with van der Waals surface area (Å²) in [5.74, 6) is 4.29. The maximum Gasteiger partial charge on any atom is 0.225 e. The number of likely N-dealkylation sites (N-methyl/N-ethyl adjacent to an activating group) is 1. The number of nitrogens with zero attached hydrogens (tertiary/aromatic N) is 7. The Balaban J connectivity index is 1.10. The molecule has 0 radical (unpaired) electrons. The third kappa shape index (κ3) is 3.93. The molecule has 4 heterocycles. The number of imidazole rings is 1. The summed E-state index contributed by atoms with van der Waals surface area (Å²) < 4.78 is 0. The summed E-state index contributed by atoms with van der Waals surface area (Å²) in [4.78, 5) is 21.7. The molecule has 1 saturated heterocycles. The van der Waals surface area contributed by atoms with Crippen LogP contribution >= 0.6 is 11.6 Å². The van der Waals surface area contributed by atoms with E-state index in [-0.39, 0.29) is 0 Å². The van der Waals surface area contributed by atoms with Crippen molar-refractivity contribution in [2.24, 2.45) is 11.8 Å². The van der Waals surface area contributed by atoms with Crippen LogP contribution in [0.2, 0.25) is 5.02 Å². The highest BCUT2D eigenvalue weighted by Gasteiger charge is 2.57. The van der Waals surface area contributed by atoms with Crippen LogP contribution in [0.5, 0.6) is 0 Å². The van der Waals surface area contributed by atoms with Crippen molar-refractivity contribution in [1.29, 1.82) is 0 Å². The first-order chi connectivity index (χ1) is 16.2. The summed E-state index contributed by atoms with van der Waals surface area (Å²) in [5.41, 5.74) is 3.10. The van der Waals surface area contributed by atoms with Crippen molar-refractivity contribution in [1.82, 2.24) is 35.3 Å². The molecule has 1 aliphatic carbocycles. The van der Waals surface area contributed by atoms with Crippen molar-refractivity contribution in [2.75, 3.05) is 36.5 Å². The van der Waals surface area contributed by atoms with Crippen LogP contribution in [0.25, 0.3) is 11.5 Å². The van der Waals surface area contributed by atoms with E-state index < -0.39 is 0 Å². The van der Waals surface area contributed by atoms with Gasteiger partial charge in [-0.2, -0.15) is 15.4 Å². The lowest BCUT2D eigenvalue weighted by Gasteiger charge is -2.19. The molecule has 1 aromatic carbocycles. The van der Waals surface area contributed by atoms with E-state index in [1.54, 1.807) is 6.20 Å². The number of aromatic amines is 2. The predicted octanol–water partition coefficient (Wildman–Crippen LogP) is 3.17. The SMILES string of the molecule is CN(CCc1ccc(Cl)cc1)c1nccc(-c2ncc(N3CC4C(C3)C4c3cn[nH]n3)[nH]2)n1. The molecule has 4 aromatic rings. The zero-order valence-corrected chi connectivity index (χ0v) is 18.9. The number of hydrogen-bond acceptors (Lipinski definition) is 7. The molecule has 2 fully saturated rings. The topological polar surface area (TPSA) is 103 Å². The highest BCUT2D eigenvalue weighted by Crippen LogP contribution is 2.57. The standard InChI is InChI=1S/C23H24ClN9/c1-32(9-7-14-2-4-15(24)5-3-14)23-25-8-6-18(28-23)22-26-11-20(29-22)33-12-16-17(13-33)21(16)19-10-27-31-30-19/h2-6,8,10-11,16-17,21H,7,9,12-13H2,1H3,(H,26,29)(H,27,30,31). The highest BCUT2D eigenvalue weighted by atomic mass is 35.5. The molecule has 2 unspecified atom stereocenters. The quantitative estimate of drug-likeness (QED) is 0.435. The van der Waals surface area contributed by atoms with Crippen molar-refractivity contribution < 1.29 is 0 Å². The Morgan fingerprint density at radius 3 is 2.67 bits per heavy atom. The zero-order chi connectivity index (χ0) is 22.4. The molecular weight excluding hydrogens is 438 g/mol. The van der Waals surface area contributed by atoms with Crippen molar-refractivity contribution in [3.8, 4) is 11.5 Å². The lowest BCUT2D eigenvalue weighted by atomic mass is 10.1. The lowest BCUT2D eigenvalue weighted by Crippen LogP contribution is -2.24. The Kier molecular flexibility index (Phi) is 4.98. The summed E-state index contributed by atoms with van der Waals surface area (Å²) in [7, 11) is 2.00. The normalized spacial score (nSPS) is 21.3. The van der Waals surface area contributed by atoms with Gasteiger partial charge in [-0.3, -0.25) is 0 Å². The van der Waals surface area contributed by atoms with Crippen molar-refractivity contribution in [2.45, 2.75) is 12.3 Å². The van der Waals surface area contributed by atoms with Gasteiger partial charge in [-0.1, -0.05) is 23.7 Å². The van der Waals surface area contributed by atoms with Gasteiger partial charge in [-0.25, -0.2) is 15.0 Å². The molecule has 33 heavy (non-hydrogen) atoms. The number of nitrogens with one attached hydrogen (secondary N) is 2. The van der Waals surface area contributed by atoms with Crippen molar-refractivity contribution >= 4 is 23.4 Å². The first-order valence-corrected chi connectivity index (χ1v) is 11.5. The molecule has 1 saturated carbocycles. The molecular formula is C23H24ClN9. The number of aromatic nitrogens is 7. The van der Waals surface area contributed by atoms with Gasteiger partial charge in [0.25, 0.3) is 0 Å². The van der Waals surface area contributed by atoms with Crippen molar-refractivity contribution in [3.05, 3.63) is 65.2 Å². The van der Waals surface area contributed by atoms with E-state index in [4.69, 9.17) is 16.6 Å². The number of piperidine rings is 1.